The van der Waals surface area contributed by atoms with Crippen LogP contribution in [-0.4, -0.2) is 50.9 Å². The molecule has 0 aliphatic carbocycles. The highest BCUT2D eigenvalue weighted by Gasteiger charge is 2.30. The molecule has 2 amide bonds. The molecular weight excluding hydrogens is 401 g/mol. The summed E-state index contributed by atoms with van der Waals surface area (Å²) in [5, 5.41) is 12.6. The van der Waals surface area contributed by atoms with E-state index in [-0.39, 0.29) is 12.5 Å². The quantitative estimate of drug-likeness (QED) is 0.570. The minimum atomic E-state index is -1.76. The van der Waals surface area contributed by atoms with Gasteiger partial charge in [-0.05, 0) is 31.0 Å². The molecule has 156 valence electrons. The molecule has 7 nitrogen and oxygen atoms in total. The van der Waals surface area contributed by atoms with Crippen molar-refractivity contribution in [2.75, 3.05) is 13.1 Å². The second-order valence-corrected chi connectivity index (χ2v) is 7.18. The highest BCUT2D eigenvalue weighted by molar-refractivity contribution is 5.98. The molecule has 4 rings (SSSR count). The van der Waals surface area contributed by atoms with E-state index < -0.39 is 40.7 Å². The zero-order valence-corrected chi connectivity index (χ0v) is 15.8. The number of hydrogen-bond donors (Lipinski definition) is 3. The molecule has 3 aromatic rings. The fourth-order valence-electron chi connectivity index (χ4n) is 3.52. The van der Waals surface area contributed by atoms with Crippen LogP contribution in [0.15, 0.2) is 24.5 Å². The zero-order chi connectivity index (χ0) is 21.6. The number of fused-ring (bicyclic) bond motifs is 1. The number of carbonyl (C=O) groups excluding carboxylic acids is 2. The molecule has 3 N–H and O–H groups in total. The first-order valence-corrected chi connectivity index (χ1v) is 9.16. The molecule has 1 saturated heterocycles. The molecule has 3 heterocycles. The Balaban J connectivity index is 1.46. The molecule has 0 bridgehead atoms. The van der Waals surface area contributed by atoms with E-state index in [2.05, 4.69) is 15.3 Å². The van der Waals surface area contributed by atoms with Gasteiger partial charge in [0, 0.05) is 36.9 Å². The molecule has 0 unspecified atom stereocenters. The maximum absolute atomic E-state index is 13.9. The summed E-state index contributed by atoms with van der Waals surface area (Å²) in [4.78, 5) is 33.8. The molecule has 30 heavy (non-hydrogen) atoms. The van der Waals surface area contributed by atoms with E-state index in [9.17, 15) is 27.9 Å². The molecule has 10 heteroatoms. The van der Waals surface area contributed by atoms with Gasteiger partial charge < -0.3 is 20.3 Å². The lowest BCUT2D eigenvalue weighted by atomic mass is 10.1. The number of aromatic nitrogens is 2. The van der Waals surface area contributed by atoms with Crippen molar-refractivity contribution in [3.8, 4) is 5.75 Å². The van der Waals surface area contributed by atoms with Gasteiger partial charge >= 0.3 is 0 Å². The Labute approximate surface area is 168 Å². The molecular formula is C20H17F3N4O3. The Kier molecular flexibility index (Phi) is 4.84. The number of phenols is 1. The predicted molar refractivity (Wildman–Crippen MR) is 101 cm³/mol. The number of halogens is 3. The highest BCUT2D eigenvalue weighted by Crippen LogP contribution is 2.26. The molecule has 1 aromatic carbocycles. The fraction of sp³-hybridized carbons (Fsp3) is 0.250. The van der Waals surface area contributed by atoms with Crippen LogP contribution < -0.4 is 5.32 Å². The topological polar surface area (TPSA) is 98.3 Å². The summed E-state index contributed by atoms with van der Waals surface area (Å²) >= 11 is 0. The Morgan fingerprint density at radius 2 is 2.03 bits per heavy atom. The first kappa shape index (κ1) is 19.7. The van der Waals surface area contributed by atoms with Gasteiger partial charge in [-0.2, -0.15) is 4.39 Å². The van der Waals surface area contributed by atoms with Crippen LogP contribution in [0.5, 0.6) is 5.75 Å². The van der Waals surface area contributed by atoms with Gasteiger partial charge in [0.2, 0.25) is 5.82 Å². The number of aryl methyl sites for hydroxylation is 1. The molecule has 0 radical (unpaired) electrons. The van der Waals surface area contributed by atoms with Crippen LogP contribution in [0.1, 0.15) is 32.7 Å². The lowest BCUT2D eigenvalue weighted by Gasteiger charge is -2.17. The minimum Gasteiger partial charge on any atom is -0.503 e. The third-order valence-electron chi connectivity index (χ3n) is 5.17. The zero-order valence-electron chi connectivity index (χ0n) is 15.8. The van der Waals surface area contributed by atoms with E-state index in [0.29, 0.717) is 30.2 Å². The smallest absolute Gasteiger partial charge is 0.255 e. The van der Waals surface area contributed by atoms with Crippen LogP contribution in [-0.2, 0) is 0 Å². The van der Waals surface area contributed by atoms with E-state index in [1.54, 1.807) is 12.3 Å². The normalized spacial score (nSPS) is 16.3. The van der Waals surface area contributed by atoms with E-state index >= 15 is 0 Å². The highest BCUT2D eigenvalue weighted by atomic mass is 19.2. The molecule has 1 aliphatic heterocycles. The number of nitrogens with one attached hydrogen (secondary N) is 2. The number of pyridine rings is 1. The van der Waals surface area contributed by atoms with Crippen molar-refractivity contribution in [1.29, 1.82) is 0 Å². The number of hydrogen-bond acceptors (Lipinski definition) is 4. The molecule has 1 aliphatic rings. The Morgan fingerprint density at radius 1 is 1.27 bits per heavy atom. The van der Waals surface area contributed by atoms with Crippen LogP contribution in [0, 0.1) is 24.4 Å². The third-order valence-corrected chi connectivity index (χ3v) is 5.17. The molecule has 0 spiro atoms. The van der Waals surface area contributed by atoms with Gasteiger partial charge in [-0.1, -0.05) is 0 Å². The number of nitrogens with zero attached hydrogens (tertiary/aromatic N) is 2. The number of aromatic hydroxyl groups is 1. The van der Waals surface area contributed by atoms with Gasteiger partial charge in [-0.25, -0.2) is 13.8 Å². The van der Waals surface area contributed by atoms with Crippen LogP contribution >= 0.6 is 0 Å². The summed E-state index contributed by atoms with van der Waals surface area (Å²) < 4.78 is 40.6. The first-order valence-electron chi connectivity index (χ1n) is 9.16. The van der Waals surface area contributed by atoms with Crippen LogP contribution in [0.3, 0.4) is 0 Å². The number of benzene rings is 1. The van der Waals surface area contributed by atoms with E-state index in [0.717, 1.165) is 10.9 Å². The largest absolute Gasteiger partial charge is 0.503 e. The number of likely N-dealkylation sites (tertiary alicyclic amines) is 1. The van der Waals surface area contributed by atoms with E-state index in [4.69, 9.17) is 0 Å². The van der Waals surface area contributed by atoms with Gasteiger partial charge in [0.05, 0.1) is 11.1 Å². The summed E-state index contributed by atoms with van der Waals surface area (Å²) in [6.45, 7) is 2.40. The summed E-state index contributed by atoms with van der Waals surface area (Å²) in [5.74, 6) is -7.66. The summed E-state index contributed by atoms with van der Waals surface area (Å²) in [6, 6.07) is 1.61. The number of amides is 2. The van der Waals surface area contributed by atoms with E-state index in [1.165, 1.54) is 11.1 Å². The summed E-state index contributed by atoms with van der Waals surface area (Å²) in [6.07, 6.45) is 3.65. The van der Waals surface area contributed by atoms with Gasteiger partial charge in [-0.3, -0.25) is 9.59 Å². The van der Waals surface area contributed by atoms with Gasteiger partial charge in [-0.15, -0.1) is 0 Å². The van der Waals surface area contributed by atoms with Gasteiger partial charge in [0.1, 0.15) is 5.65 Å². The Morgan fingerprint density at radius 3 is 2.80 bits per heavy atom. The molecule has 1 atom stereocenters. The molecule has 2 aromatic heterocycles. The van der Waals surface area contributed by atoms with Crippen molar-refractivity contribution in [1.82, 2.24) is 20.2 Å². The summed E-state index contributed by atoms with van der Waals surface area (Å²) in [7, 11) is 0. The number of phenolic OH excluding ortho intramolecular Hbond substituents is 1. The van der Waals surface area contributed by atoms with Gasteiger partial charge in [0.15, 0.2) is 17.4 Å². The average Bonchev–Trinajstić information content (AvgIpc) is 3.35. The van der Waals surface area contributed by atoms with Crippen molar-refractivity contribution in [3.05, 3.63) is 58.7 Å². The molecule has 1 fully saturated rings. The van der Waals surface area contributed by atoms with Crippen molar-refractivity contribution >= 4 is 22.8 Å². The number of aromatic amines is 1. The standard InChI is InChI=1S/C20H17F3N4O3/c1-9-6-24-18-12(9)4-10(7-25-18)20(30)27-3-2-11(8-27)26-19(29)13-5-14(21)16(23)17(28)15(13)22/h4-7,11,28H,2-3,8H2,1H3,(H,24,25)(H,26,29)/t11-/m1/s1. The SMILES string of the molecule is Cc1c[nH]c2ncc(C(=O)N3CC[C@@H](NC(=O)c4cc(F)c(F)c(O)c4F)C3)cc12. The average molecular weight is 418 g/mol. The van der Waals surface area contributed by atoms with Crippen molar-refractivity contribution in [2.24, 2.45) is 0 Å². The van der Waals surface area contributed by atoms with Crippen LogP contribution in [0.25, 0.3) is 11.0 Å². The van der Waals surface area contributed by atoms with Crippen molar-refractivity contribution < 1.29 is 27.9 Å². The fourth-order valence-corrected chi connectivity index (χ4v) is 3.52. The maximum atomic E-state index is 13.9. The number of carbonyl (C=O) groups is 2. The lowest BCUT2D eigenvalue weighted by molar-refractivity contribution is 0.0782. The van der Waals surface area contributed by atoms with Crippen LogP contribution in [0.2, 0.25) is 0 Å². The predicted octanol–water partition coefficient (Wildman–Crippen LogP) is 2.64. The van der Waals surface area contributed by atoms with E-state index in [1.807, 2.05) is 6.92 Å². The second-order valence-electron chi connectivity index (χ2n) is 7.18. The van der Waals surface area contributed by atoms with Crippen LogP contribution in [0.4, 0.5) is 13.2 Å². The van der Waals surface area contributed by atoms with Gasteiger partial charge in [0.25, 0.3) is 11.8 Å². The number of rotatable bonds is 3. The Bertz CT molecular complexity index is 1180. The summed E-state index contributed by atoms with van der Waals surface area (Å²) in [5.41, 5.74) is 1.21. The first-order chi connectivity index (χ1) is 14.3. The van der Waals surface area contributed by atoms with Crippen molar-refractivity contribution in [3.63, 3.8) is 0 Å². The minimum absolute atomic E-state index is 0.159. The third kappa shape index (κ3) is 3.34. The van der Waals surface area contributed by atoms with Crippen molar-refractivity contribution in [2.45, 2.75) is 19.4 Å². The monoisotopic (exact) mass is 418 g/mol. The second kappa shape index (κ2) is 7.36. The molecule has 0 saturated carbocycles. The number of H-pyrrole nitrogens is 1. The lowest BCUT2D eigenvalue weighted by Crippen LogP contribution is -2.38. The maximum Gasteiger partial charge on any atom is 0.255 e. The Hall–Kier alpha value is -3.56.